The van der Waals surface area contributed by atoms with Crippen molar-refractivity contribution in [2.75, 3.05) is 19.5 Å². The van der Waals surface area contributed by atoms with Crippen molar-refractivity contribution >= 4 is 29.4 Å². The van der Waals surface area contributed by atoms with Crippen LogP contribution in [0.2, 0.25) is 0 Å². The van der Waals surface area contributed by atoms with Gasteiger partial charge in [-0.15, -0.1) is 0 Å². The van der Waals surface area contributed by atoms with E-state index in [0.29, 0.717) is 23.0 Å². The van der Waals surface area contributed by atoms with E-state index < -0.39 is 5.91 Å². The van der Waals surface area contributed by atoms with Crippen LogP contribution in [0.4, 0.5) is 17.3 Å². The summed E-state index contributed by atoms with van der Waals surface area (Å²) in [6.45, 7) is 1.91. The number of anilines is 2. The van der Waals surface area contributed by atoms with E-state index in [0.717, 1.165) is 11.1 Å². The molecule has 1 aromatic carbocycles. The van der Waals surface area contributed by atoms with Crippen LogP contribution in [0.25, 0.3) is 0 Å². The summed E-state index contributed by atoms with van der Waals surface area (Å²) >= 11 is 0. The van der Waals surface area contributed by atoms with Crippen molar-refractivity contribution in [1.82, 2.24) is 15.2 Å². The monoisotopic (exact) mass is 380 g/mol. The number of hydrogen-bond acceptors (Lipinski definition) is 7. The number of aryl methyl sites for hydroxylation is 1. The maximum atomic E-state index is 12.0. The van der Waals surface area contributed by atoms with Crippen LogP contribution in [0.3, 0.4) is 0 Å². The number of nitrogens with two attached hydrogens (primary N) is 1. The highest BCUT2D eigenvalue weighted by Gasteiger charge is 2.18. The Hall–Kier alpha value is -3.88. The molecule has 2 heterocycles. The highest BCUT2D eigenvalue weighted by Crippen LogP contribution is 2.30. The van der Waals surface area contributed by atoms with Crippen molar-refractivity contribution in [3.63, 3.8) is 0 Å². The first-order valence-electron chi connectivity index (χ1n) is 8.35. The number of pyridine rings is 1. The Bertz CT molecular complexity index is 1010. The lowest BCUT2D eigenvalue weighted by molar-refractivity contribution is 0.100. The largest absolute Gasteiger partial charge is 0.493 e. The first kappa shape index (κ1) is 18.9. The third kappa shape index (κ3) is 3.93. The molecule has 0 saturated carbocycles. The Morgan fingerprint density at radius 1 is 1.29 bits per heavy atom. The lowest BCUT2D eigenvalue weighted by Gasteiger charge is -2.10. The Balaban J connectivity index is 1.93. The van der Waals surface area contributed by atoms with Crippen LogP contribution >= 0.6 is 0 Å². The molecule has 9 nitrogen and oxygen atoms in total. The molecule has 0 atom stereocenters. The predicted octanol–water partition coefficient (Wildman–Crippen LogP) is 2.72. The lowest BCUT2D eigenvalue weighted by Crippen LogP contribution is -2.12. The van der Waals surface area contributed by atoms with Crippen molar-refractivity contribution in [3.05, 3.63) is 53.3 Å². The predicted molar refractivity (Wildman–Crippen MR) is 106 cm³/mol. The second-order valence-electron chi connectivity index (χ2n) is 5.85. The SMILES string of the molecule is COc1cc(C)c(C=Nc2n[nH]c(Nc3cccnc3)c2C(N)=O)cc1OC. The number of aliphatic imine (C=N–C) groups is 1. The van der Waals surface area contributed by atoms with Gasteiger partial charge < -0.3 is 20.5 Å². The minimum Gasteiger partial charge on any atom is -0.493 e. The number of primary amides is 1. The summed E-state index contributed by atoms with van der Waals surface area (Å²) in [6.07, 6.45) is 4.85. The Kier molecular flexibility index (Phi) is 5.54. The summed E-state index contributed by atoms with van der Waals surface area (Å²) in [6, 6.07) is 7.20. The van der Waals surface area contributed by atoms with Crippen molar-refractivity contribution in [2.45, 2.75) is 6.92 Å². The van der Waals surface area contributed by atoms with E-state index in [1.54, 1.807) is 51.0 Å². The normalized spacial score (nSPS) is 10.8. The highest BCUT2D eigenvalue weighted by molar-refractivity contribution is 6.03. The van der Waals surface area contributed by atoms with Gasteiger partial charge in [0.05, 0.1) is 26.1 Å². The van der Waals surface area contributed by atoms with Gasteiger partial charge in [0.25, 0.3) is 5.91 Å². The van der Waals surface area contributed by atoms with Crippen molar-refractivity contribution in [1.29, 1.82) is 0 Å². The van der Waals surface area contributed by atoms with Gasteiger partial charge in [0.15, 0.2) is 17.3 Å². The lowest BCUT2D eigenvalue weighted by atomic mass is 10.1. The van der Waals surface area contributed by atoms with Gasteiger partial charge in [0.2, 0.25) is 0 Å². The number of benzene rings is 1. The van der Waals surface area contributed by atoms with Crippen molar-refractivity contribution in [3.8, 4) is 11.5 Å². The van der Waals surface area contributed by atoms with E-state index in [-0.39, 0.29) is 11.4 Å². The molecule has 144 valence electrons. The van der Waals surface area contributed by atoms with E-state index in [2.05, 4.69) is 25.5 Å². The van der Waals surface area contributed by atoms with E-state index in [9.17, 15) is 4.79 Å². The number of aromatic amines is 1. The molecule has 28 heavy (non-hydrogen) atoms. The second-order valence-corrected chi connectivity index (χ2v) is 5.85. The molecular formula is C19H20N6O3. The topological polar surface area (TPSA) is 128 Å². The van der Waals surface area contributed by atoms with Crippen LogP contribution in [0.5, 0.6) is 11.5 Å². The number of H-pyrrole nitrogens is 1. The van der Waals surface area contributed by atoms with Crippen LogP contribution in [-0.4, -0.2) is 41.5 Å². The van der Waals surface area contributed by atoms with Gasteiger partial charge in [-0.1, -0.05) is 0 Å². The standard InChI is InChI=1S/C19H20N6O3/c1-11-7-14(27-2)15(28-3)8-12(11)9-22-18-16(17(20)26)19(25-24-18)23-13-5-4-6-21-10-13/h4-10H,1-3H3,(H2,20,26)(H2,23,24,25). The fourth-order valence-corrected chi connectivity index (χ4v) is 2.60. The summed E-state index contributed by atoms with van der Waals surface area (Å²) in [7, 11) is 3.13. The zero-order chi connectivity index (χ0) is 20.1. The Morgan fingerprint density at radius 3 is 2.68 bits per heavy atom. The van der Waals surface area contributed by atoms with E-state index in [4.69, 9.17) is 15.2 Å². The molecule has 0 aliphatic rings. The van der Waals surface area contributed by atoms with Crippen molar-refractivity contribution < 1.29 is 14.3 Å². The molecule has 3 aromatic rings. The summed E-state index contributed by atoms with van der Waals surface area (Å²) in [5.41, 5.74) is 8.07. The van der Waals surface area contributed by atoms with Gasteiger partial charge in [-0.2, -0.15) is 5.10 Å². The molecular weight excluding hydrogens is 360 g/mol. The third-order valence-corrected chi connectivity index (χ3v) is 4.02. The fourth-order valence-electron chi connectivity index (χ4n) is 2.60. The average Bonchev–Trinajstić information content (AvgIpc) is 3.10. The number of nitrogens with zero attached hydrogens (tertiary/aromatic N) is 3. The van der Waals surface area contributed by atoms with Gasteiger partial charge in [0, 0.05) is 12.4 Å². The van der Waals surface area contributed by atoms with Gasteiger partial charge in [-0.25, -0.2) is 4.99 Å². The molecule has 4 N–H and O–H groups in total. The van der Waals surface area contributed by atoms with Gasteiger partial charge in [0.1, 0.15) is 11.4 Å². The molecule has 0 aliphatic heterocycles. The molecule has 0 unspecified atom stereocenters. The summed E-state index contributed by atoms with van der Waals surface area (Å²) in [5.74, 6) is 1.06. The molecule has 3 rings (SSSR count). The first-order valence-corrected chi connectivity index (χ1v) is 8.35. The number of methoxy groups -OCH3 is 2. The number of aromatic nitrogens is 3. The smallest absolute Gasteiger partial charge is 0.256 e. The summed E-state index contributed by atoms with van der Waals surface area (Å²) in [5, 5.41) is 9.87. The number of carbonyl (C=O) groups excluding carboxylic acids is 1. The molecule has 0 radical (unpaired) electrons. The average molecular weight is 380 g/mol. The minimum atomic E-state index is -0.656. The van der Waals surface area contributed by atoms with Crippen LogP contribution in [0.15, 0.2) is 41.7 Å². The van der Waals surface area contributed by atoms with Crippen molar-refractivity contribution in [2.24, 2.45) is 10.7 Å². The first-order chi connectivity index (χ1) is 13.5. The number of carbonyl (C=O) groups is 1. The Morgan fingerprint density at radius 2 is 2.04 bits per heavy atom. The number of hydrogen-bond donors (Lipinski definition) is 3. The third-order valence-electron chi connectivity index (χ3n) is 4.02. The molecule has 0 aliphatic carbocycles. The van der Waals surface area contributed by atoms with Crippen LogP contribution < -0.4 is 20.5 Å². The second kappa shape index (κ2) is 8.21. The van der Waals surface area contributed by atoms with Gasteiger partial charge >= 0.3 is 0 Å². The number of ether oxygens (including phenoxy) is 2. The molecule has 9 heteroatoms. The summed E-state index contributed by atoms with van der Waals surface area (Å²) in [4.78, 5) is 20.3. The van der Waals surface area contributed by atoms with E-state index in [1.807, 2.05) is 13.0 Å². The van der Waals surface area contributed by atoms with Gasteiger partial charge in [-0.3, -0.25) is 14.9 Å². The zero-order valence-corrected chi connectivity index (χ0v) is 15.7. The number of rotatable bonds is 7. The van der Waals surface area contributed by atoms with E-state index >= 15 is 0 Å². The zero-order valence-electron chi connectivity index (χ0n) is 15.7. The molecule has 0 fully saturated rings. The maximum Gasteiger partial charge on any atom is 0.256 e. The molecule has 0 bridgehead atoms. The van der Waals surface area contributed by atoms with Gasteiger partial charge in [-0.05, 0) is 42.3 Å². The molecule has 0 spiro atoms. The molecule has 2 aromatic heterocycles. The maximum absolute atomic E-state index is 12.0. The van der Waals surface area contributed by atoms with E-state index in [1.165, 1.54) is 0 Å². The highest BCUT2D eigenvalue weighted by atomic mass is 16.5. The fraction of sp³-hybridized carbons (Fsp3) is 0.158. The number of nitrogens with one attached hydrogen (secondary N) is 2. The van der Waals surface area contributed by atoms with Crippen LogP contribution in [-0.2, 0) is 0 Å². The number of amides is 1. The summed E-state index contributed by atoms with van der Waals surface area (Å²) < 4.78 is 10.6. The van der Waals surface area contributed by atoms with Crippen LogP contribution in [0, 0.1) is 6.92 Å². The minimum absolute atomic E-state index is 0.151. The van der Waals surface area contributed by atoms with Crippen LogP contribution in [0.1, 0.15) is 21.5 Å². The Labute approximate surface area is 161 Å². The molecule has 0 saturated heterocycles. The molecule has 1 amide bonds. The quantitative estimate of drug-likeness (QED) is 0.541.